The lowest BCUT2D eigenvalue weighted by Gasteiger charge is -2.22. The Labute approximate surface area is 205 Å². The van der Waals surface area contributed by atoms with Crippen molar-refractivity contribution >= 4 is 66.8 Å². The van der Waals surface area contributed by atoms with Crippen molar-refractivity contribution in [2.45, 2.75) is 52.7 Å². The number of carbonyl (C=O) groups is 2. The Balaban J connectivity index is 0.000000471. The summed E-state index contributed by atoms with van der Waals surface area (Å²) in [7, 11) is 0. The molecule has 2 rings (SSSR count). The van der Waals surface area contributed by atoms with Crippen molar-refractivity contribution in [1.82, 2.24) is 0 Å². The van der Waals surface area contributed by atoms with Crippen molar-refractivity contribution in [2.24, 2.45) is 0 Å². The van der Waals surface area contributed by atoms with E-state index in [1.165, 1.54) is 0 Å². The van der Waals surface area contributed by atoms with E-state index in [4.69, 9.17) is 20.9 Å². The third kappa shape index (κ3) is 11.2. The van der Waals surface area contributed by atoms with Gasteiger partial charge in [0, 0.05) is 8.95 Å². The lowest BCUT2D eigenvalue weighted by atomic mass is 10.2. The number of nitrogens with one attached hydrogen (secondary N) is 2. The van der Waals surface area contributed by atoms with Crippen molar-refractivity contribution in [3.8, 4) is 0 Å². The molecule has 0 atom stereocenters. The molecule has 0 saturated carbocycles. The number of hydrogen-bond donors (Lipinski definition) is 4. The molecule has 2 aromatic carbocycles. The number of anilines is 4. The van der Waals surface area contributed by atoms with Gasteiger partial charge in [-0.05, 0) is 77.9 Å². The largest absolute Gasteiger partial charge is 0.444 e. The van der Waals surface area contributed by atoms with Crippen molar-refractivity contribution in [3.63, 3.8) is 0 Å². The van der Waals surface area contributed by atoms with Crippen LogP contribution in [0.25, 0.3) is 0 Å². The van der Waals surface area contributed by atoms with Crippen molar-refractivity contribution in [1.29, 1.82) is 0 Å². The smallest absolute Gasteiger partial charge is 0.412 e. The first-order valence-electron chi connectivity index (χ1n) is 9.66. The second-order valence-corrected chi connectivity index (χ2v) is 10.5. The molecule has 10 heteroatoms. The summed E-state index contributed by atoms with van der Waals surface area (Å²) in [5, 5.41) is 5.22. The van der Waals surface area contributed by atoms with Gasteiger partial charge in [0.25, 0.3) is 0 Å². The van der Waals surface area contributed by atoms with E-state index in [0.717, 1.165) is 8.95 Å². The predicted molar refractivity (Wildman–Crippen MR) is 137 cm³/mol. The molecule has 0 aliphatic rings. The van der Waals surface area contributed by atoms with E-state index in [2.05, 4.69) is 42.5 Å². The zero-order chi connectivity index (χ0) is 24.7. The zero-order valence-electron chi connectivity index (χ0n) is 19.0. The SMILES string of the molecule is CC(C)(C)OC(=O)Nc1ccc(Br)cc1NC(=O)OC(C)(C)C.Nc1ccc(Br)cc1N. The number of carbonyl (C=O) groups excluding carboxylic acids is 2. The van der Waals surface area contributed by atoms with Crippen LogP contribution in [-0.2, 0) is 9.47 Å². The highest BCUT2D eigenvalue weighted by Gasteiger charge is 2.20. The van der Waals surface area contributed by atoms with Crippen molar-refractivity contribution < 1.29 is 19.1 Å². The van der Waals surface area contributed by atoms with Crippen LogP contribution in [-0.4, -0.2) is 23.4 Å². The average Bonchev–Trinajstić information content (AvgIpc) is 2.58. The van der Waals surface area contributed by atoms with Gasteiger partial charge in [-0.3, -0.25) is 10.6 Å². The van der Waals surface area contributed by atoms with Gasteiger partial charge in [0.05, 0.1) is 22.7 Å². The number of halogens is 2. The molecule has 0 spiro atoms. The minimum absolute atomic E-state index is 0.402. The first kappa shape index (κ1) is 27.6. The number of hydrogen-bond acceptors (Lipinski definition) is 6. The normalized spacial score (nSPS) is 11.0. The standard InChI is InChI=1S/C16H23BrN2O4.C6H7BrN2/c1-15(2,3)22-13(20)18-11-8-7-10(17)9-12(11)19-14(21)23-16(4,5)6;7-4-1-2-5(8)6(9)3-4/h7-9H,1-6H3,(H,18,20)(H,19,21);1-3H,8-9H2. The average molecular weight is 574 g/mol. The van der Waals surface area contributed by atoms with Gasteiger partial charge in [0.15, 0.2) is 0 Å². The summed E-state index contributed by atoms with van der Waals surface area (Å²) in [6.45, 7) is 10.6. The molecule has 0 bridgehead atoms. The maximum Gasteiger partial charge on any atom is 0.412 e. The van der Waals surface area contributed by atoms with Crippen LogP contribution < -0.4 is 22.1 Å². The minimum atomic E-state index is -0.616. The molecule has 6 N–H and O–H groups in total. The van der Waals surface area contributed by atoms with E-state index in [-0.39, 0.29) is 0 Å². The van der Waals surface area contributed by atoms with E-state index in [0.29, 0.717) is 22.7 Å². The fourth-order valence-electron chi connectivity index (χ4n) is 2.10. The lowest BCUT2D eigenvalue weighted by Crippen LogP contribution is -2.29. The summed E-state index contributed by atoms with van der Waals surface area (Å²) in [5.74, 6) is 0. The van der Waals surface area contributed by atoms with Gasteiger partial charge in [-0.2, -0.15) is 0 Å². The minimum Gasteiger partial charge on any atom is -0.444 e. The number of nitrogen functional groups attached to an aromatic ring is 2. The van der Waals surface area contributed by atoms with Crippen LogP contribution in [0.2, 0.25) is 0 Å². The Morgan fingerprint density at radius 1 is 0.719 bits per heavy atom. The Hall–Kier alpha value is -2.46. The molecule has 176 valence electrons. The van der Waals surface area contributed by atoms with Gasteiger partial charge < -0.3 is 20.9 Å². The quantitative estimate of drug-likeness (QED) is 0.294. The summed E-state index contributed by atoms with van der Waals surface area (Å²) >= 11 is 6.59. The second kappa shape index (κ2) is 11.4. The molecule has 8 nitrogen and oxygen atoms in total. The predicted octanol–water partition coefficient (Wildman–Crippen LogP) is 6.76. The van der Waals surface area contributed by atoms with Crippen LogP contribution in [0.4, 0.5) is 32.3 Å². The summed E-state index contributed by atoms with van der Waals surface area (Å²) in [4.78, 5) is 23.8. The number of nitrogens with two attached hydrogens (primary N) is 2. The maximum absolute atomic E-state index is 11.9. The van der Waals surface area contributed by atoms with Crippen molar-refractivity contribution in [3.05, 3.63) is 45.3 Å². The molecule has 0 aliphatic carbocycles. The van der Waals surface area contributed by atoms with E-state index in [1.807, 2.05) is 6.07 Å². The zero-order valence-corrected chi connectivity index (χ0v) is 22.2. The highest BCUT2D eigenvalue weighted by atomic mass is 79.9. The molecule has 0 aliphatic heterocycles. The van der Waals surface area contributed by atoms with Gasteiger partial charge in [0.1, 0.15) is 11.2 Å². The Bertz CT molecular complexity index is 954. The molecular formula is C22H30Br2N4O4. The van der Waals surface area contributed by atoms with Gasteiger partial charge in [0.2, 0.25) is 0 Å². The van der Waals surface area contributed by atoms with Crippen LogP contribution in [0.1, 0.15) is 41.5 Å². The van der Waals surface area contributed by atoms with E-state index >= 15 is 0 Å². The topological polar surface area (TPSA) is 129 Å². The summed E-state index contributed by atoms with van der Waals surface area (Å²) in [6.07, 6.45) is -1.21. The van der Waals surface area contributed by atoms with Crippen LogP contribution in [0, 0.1) is 0 Å². The fraction of sp³-hybridized carbons (Fsp3) is 0.364. The van der Waals surface area contributed by atoms with Crippen LogP contribution >= 0.6 is 31.9 Å². The first-order chi connectivity index (χ1) is 14.6. The van der Waals surface area contributed by atoms with Crippen molar-refractivity contribution in [2.75, 3.05) is 22.1 Å². The second-order valence-electron chi connectivity index (χ2n) is 8.72. The molecule has 2 aromatic rings. The Morgan fingerprint density at radius 2 is 1.16 bits per heavy atom. The fourth-order valence-corrected chi connectivity index (χ4v) is 2.84. The third-order valence-corrected chi connectivity index (χ3v) is 4.29. The first-order valence-corrected chi connectivity index (χ1v) is 11.2. The van der Waals surface area contributed by atoms with Gasteiger partial charge in [-0.25, -0.2) is 9.59 Å². The molecule has 2 amide bonds. The van der Waals surface area contributed by atoms with E-state index < -0.39 is 23.4 Å². The Morgan fingerprint density at radius 3 is 1.59 bits per heavy atom. The highest BCUT2D eigenvalue weighted by Crippen LogP contribution is 2.27. The van der Waals surface area contributed by atoms with Crippen LogP contribution in [0.15, 0.2) is 45.3 Å². The molecule has 0 unspecified atom stereocenters. The molecule has 0 fully saturated rings. The van der Waals surface area contributed by atoms with Gasteiger partial charge >= 0.3 is 12.2 Å². The van der Waals surface area contributed by atoms with Crippen LogP contribution in [0.3, 0.4) is 0 Å². The molecule has 0 aromatic heterocycles. The summed E-state index contributed by atoms with van der Waals surface area (Å²) < 4.78 is 12.1. The summed E-state index contributed by atoms with van der Waals surface area (Å²) in [5.41, 5.74) is 11.7. The monoisotopic (exact) mass is 572 g/mol. The van der Waals surface area contributed by atoms with E-state index in [9.17, 15) is 9.59 Å². The van der Waals surface area contributed by atoms with Crippen LogP contribution in [0.5, 0.6) is 0 Å². The van der Waals surface area contributed by atoms with Gasteiger partial charge in [-0.1, -0.05) is 31.9 Å². The molecule has 32 heavy (non-hydrogen) atoms. The van der Waals surface area contributed by atoms with Gasteiger partial charge in [-0.15, -0.1) is 0 Å². The maximum atomic E-state index is 11.9. The summed E-state index contributed by atoms with van der Waals surface area (Å²) in [6, 6.07) is 10.4. The Kier molecular flexibility index (Phi) is 9.84. The number of benzene rings is 2. The third-order valence-electron chi connectivity index (χ3n) is 3.30. The molecule has 0 saturated heterocycles. The lowest BCUT2D eigenvalue weighted by molar-refractivity contribution is 0.0621. The number of rotatable bonds is 2. The molecule has 0 radical (unpaired) electrons. The highest BCUT2D eigenvalue weighted by molar-refractivity contribution is 9.10. The van der Waals surface area contributed by atoms with E-state index in [1.54, 1.807) is 71.9 Å². The number of amides is 2. The molecular weight excluding hydrogens is 544 g/mol. The molecule has 0 heterocycles. The number of ether oxygens (including phenoxy) is 2.